The lowest BCUT2D eigenvalue weighted by atomic mass is 9.76. The summed E-state index contributed by atoms with van der Waals surface area (Å²) in [6, 6.07) is 1.49. The SMILES string of the molecule is CC(C)(C)C1CC2CNCC1N2C(C)(C)C. The number of nitrogens with zero attached hydrogens (tertiary/aromatic N) is 1. The molecule has 0 spiro atoms. The van der Waals surface area contributed by atoms with Crippen LogP contribution in [-0.2, 0) is 0 Å². The fourth-order valence-electron chi connectivity index (χ4n) is 3.82. The van der Waals surface area contributed by atoms with E-state index in [0.717, 1.165) is 18.0 Å². The lowest BCUT2D eigenvalue weighted by molar-refractivity contribution is 0.0333. The molecule has 3 unspecified atom stereocenters. The summed E-state index contributed by atoms with van der Waals surface area (Å²) in [5.41, 5.74) is 0.756. The molecule has 2 heteroatoms. The van der Waals surface area contributed by atoms with Gasteiger partial charge in [-0.3, -0.25) is 4.90 Å². The molecule has 0 aromatic rings. The maximum absolute atomic E-state index is 3.61. The molecular weight excluding hydrogens is 196 g/mol. The zero-order valence-corrected chi connectivity index (χ0v) is 11.8. The van der Waals surface area contributed by atoms with Gasteiger partial charge in [0, 0.05) is 30.7 Å². The number of hydrogen-bond donors (Lipinski definition) is 1. The van der Waals surface area contributed by atoms with Crippen LogP contribution in [0.5, 0.6) is 0 Å². The topological polar surface area (TPSA) is 15.3 Å². The molecular formula is C14H28N2. The zero-order chi connectivity index (χ0) is 12.1. The van der Waals surface area contributed by atoms with Crippen LogP contribution < -0.4 is 5.32 Å². The molecule has 2 nitrogen and oxygen atoms in total. The quantitative estimate of drug-likeness (QED) is 0.680. The van der Waals surface area contributed by atoms with Crippen LogP contribution in [0.4, 0.5) is 0 Å². The van der Waals surface area contributed by atoms with Crippen LogP contribution in [0.15, 0.2) is 0 Å². The van der Waals surface area contributed by atoms with Crippen LogP contribution in [0.2, 0.25) is 0 Å². The summed E-state index contributed by atoms with van der Waals surface area (Å²) in [5.74, 6) is 0.840. The maximum Gasteiger partial charge on any atom is 0.0263 e. The summed E-state index contributed by atoms with van der Waals surface area (Å²) in [4.78, 5) is 2.78. The van der Waals surface area contributed by atoms with Crippen LogP contribution >= 0.6 is 0 Å². The third-order valence-electron chi connectivity index (χ3n) is 4.36. The summed E-state index contributed by atoms with van der Waals surface area (Å²) in [5, 5.41) is 3.61. The Morgan fingerprint density at radius 3 is 2.06 bits per heavy atom. The van der Waals surface area contributed by atoms with E-state index >= 15 is 0 Å². The molecule has 2 heterocycles. The number of nitrogens with one attached hydrogen (secondary N) is 1. The van der Waals surface area contributed by atoms with Crippen molar-refractivity contribution in [2.45, 2.75) is 65.6 Å². The van der Waals surface area contributed by atoms with E-state index in [1.54, 1.807) is 0 Å². The highest BCUT2D eigenvalue weighted by molar-refractivity contribution is 5.06. The van der Waals surface area contributed by atoms with Gasteiger partial charge in [-0.2, -0.15) is 0 Å². The second kappa shape index (κ2) is 3.71. The Labute approximate surface area is 101 Å². The predicted octanol–water partition coefficient (Wildman–Crippen LogP) is 2.49. The van der Waals surface area contributed by atoms with E-state index in [-0.39, 0.29) is 0 Å². The van der Waals surface area contributed by atoms with Gasteiger partial charge in [-0.1, -0.05) is 20.8 Å². The molecule has 2 bridgehead atoms. The van der Waals surface area contributed by atoms with Gasteiger partial charge in [-0.15, -0.1) is 0 Å². The van der Waals surface area contributed by atoms with Gasteiger partial charge in [0.2, 0.25) is 0 Å². The molecule has 0 amide bonds. The van der Waals surface area contributed by atoms with Gasteiger partial charge in [-0.05, 0) is 38.5 Å². The third kappa shape index (κ3) is 2.02. The molecule has 0 saturated carbocycles. The van der Waals surface area contributed by atoms with E-state index < -0.39 is 0 Å². The Hall–Kier alpha value is -0.0800. The summed E-state index contributed by atoms with van der Waals surface area (Å²) >= 11 is 0. The number of fused-ring (bicyclic) bond motifs is 2. The van der Waals surface area contributed by atoms with Gasteiger partial charge < -0.3 is 5.32 Å². The molecule has 2 fully saturated rings. The van der Waals surface area contributed by atoms with Crippen molar-refractivity contribution >= 4 is 0 Å². The summed E-state index contributed by atoms with van der Waals surface area (Å²) in [6.45, 7) is 16.7. The minimum absolute atomic E-state index is 0.317. The Morgan fingerprint density at radius 1 is 1.00 bits per heavy atom. The monoisotopic (exact) mass is 224 g/mol. The van der Waals surface area contributed by atoms with Crippen molar-refractivity contribution in [1.29, 1.82) is 0 Å². The smallest absolute Gasteiger partial charge is 0.0263 e. The molecule has 2 rings (SSSR count). The molecule has 1 N–H and O–H groups in total. The van der Waals surface area contributed by atoms with Gasteiger partial charge in [-0.25, -0.2) is 0 Å². The maximum atomic E-state index is 3.61. The first kappa shape index (κ1) is 12.4. The normalized spacial score (nSPS) is 36.8. The molecule has 0 aromatic heterocycles. The zero-order valence-electron chi connectivity index (χ0n) is 11.8. The molecule has 0 aromatic carbocycles. The van der Waals surface area contributed by atoms with Crippen LogP contribution in [0.3, 0.4) is 0 Å². The van der Waals surface area contributed by atoms with Crippen LogP contribution in [0.1, 0.15) is 48.0 Å². The first-order valence-corrected chi connectivity index (χ1v) is 6.70. The molecule has 16 heavy (non-hydrogen) atoms. The predicted molar refractivity (Wildman–Crippen MR) is 69.6 cm³/mol. The number of hydrogen-bond acceptors (Lipinski definition) is 2. The van der Waals surface area contributed by atoms with Crippen LogP contribution in [0, 0.1) is 11.3 Å². The standard InChI is InChI=1S/C14H28N2/c1-13(2,3)11-7-10-8-15-9-12(11)16(10)14(4,5)6/h10-12,15H,7-9H2,1-6H3. The van der Waals surface area contributed by atoms with Gasteiger partial charge >= 0.3 is 0 Å². The highest BCUT2D eigenvalue weighted by atomic mass is 15.3. The van der Waals surface area contributed by atoms with Crippen molar-refractivity contribution in [1.82, 2.24) is 10.2 Å². The largest absolute Gasteiger partial charge is 0.314 e. The number of rotatable bonds is 0. The molecule has 0 aliphatic carbocycles. The van der Waals surface area contributed by atoms with Crippen molar-refractivity contribution in [3.63, 3.8) is 0 Å². The first-order valence-electron chi connectivity index (χ1n) is 6.70. The second-order valence-electron chi connectivity index (χ2n) is 7.67. The minimum Gasteiger partial charge on any atom is -0.314 e. The highest BCUT2D eigenvalue weighted by Gasteiger charge is 2.50. The van der Waals surface area contributed by atoms with Crippen LogP contribution in [0.25, 0.3) is 0 Å². The molecule has 2 saturated heterocycles. The van der Waals surface area contributed by atoms with E-state index in [1.165, 1.54) is 19.5 Å². The Bertz CT molecular complexity index is 259. The Morgan fingerprint density at radius 2 is 1.62 bits per heavy atom. The summed E-state index contributed by atoms with van der Waals surface area (Å²) < 4.78 is 0. The molecule has 2 aliphatic rings. The lowest BCUT2D eigenvalue weighted by Gasteiger charge is -2.46. The summed E-state index contributed by atoms with van der Waals surface area (Å²) in [6.07, 6.45) is 1.37. The fraction of sp³-hybridized carbons (Fsp3) is 1.00. The van der Waals surface area contributed by atoms with E-state index in [2.05, 4.69) is 51.8 Å². The third-order valence-corrected chi connectivity index (χ3v) is 4.36. The Kier molecular flexibility index (Phi) is 2.87. The minimum atomic E-state index is 0.317. The lowest BCUT2D eigenvalue weighted by Crippen LogP contribution is -2.60. The van der Waals surface area contributed by atoms with Gasteiger partial charge in [0.05, 0.1) is 0 Å². The van der Waals surface area contributed by atoms with E-state index in [9.17, 15) is 0 Å². The van der Waals surface area contributed by atoms with Crippen molar-refractivity contribution < 1.29 is 0 Å². The molecule has 94 valence electrons. The average Bonchev–Trinajstić information content (AvgIpc) is 2.33. The van der Waals surface area contributed by atoms with Gasteiger partial charge in [0.25, 0.3) is 0 Å². The van der Waals surface area contributed by atoms with E-state index in [4.69, 9.17) is 0 Å². The molecule has 0 radical (unpaired) electrons. The molecule has 3 atom stereocenters. The van der Waals surface area contributed by atoms with Crippen molar-refractivity contribution in [3.8, 4) is 0 Å². The molecule has 2 aliphatic heterocycles. The number of piperazine rings is 1. The van der Waals surface area contributed by atoms with Crippen LogP contribution in [-0.4, -0.2) is 35.6 Å². The highest BCUT2D eigenvalue weighted by Crippen LogP contribution is 2.45. The second-order valence-corrected chi connectivity index (χ2v) is 7.67. The van der Waals surface area contributed by atoms with Crippen molar-refractivity contribution in [2.24, 2.45) is 11.3 Å². The van der Waals surface area contributed by atoms with E-state index in [1.807, 2.05) is 0 Å². The van der Waals surface area contributed by atoms with E-state index in [0.29, 0.717) is 11.0 Å². The Balaban J connectivity index is 2.25. The van der Waals surface area contributed by atoms with Gasteiger partial charge in [0.15, 0.2) is 0 Å². The van der Waals surface area contributed by atoms with Gasteiger partial charge in [0.1, 0.15) is 0 Å². The van der Waals surface area contributed by atoms with Crippen molar-refractivity contribution in [2.75, 3.05) is 13.1 Å². The fourth-order valence-corrected chi connectivity index (χ4v) is 3.82. The average molecular weight is 224 g/mol. The van der Waals surface area contributed by atoms with Crippen molar-refractivity contribution in [3.05, 3.63) is 0 Å². The summed E-state index contributed by atoms with van der Waals surface area (Å²) in [7, 11) is 0. The first-order chi connectivity index (χ1) is 7.21.